The maximum Gasteiger partial charge on any atom is 0.304 e. The summed E-state index contributed by atoms with van der Waals surface area (Å²) in [5, 5.41) is 11.9. The zero-order valence-electron chi connectivity index (χ0n) is 15.7. The Labute approximate surface area is 150 Å². The fourth-order valence-electron chi connectivity index (χ4n) is 3.00. The van der Waals surface area contributed by atoms with Gasteiger partial charge in [0.05, 0.1) is 6.42 Å². The number of carboxylic acids is 1. The summed E-state index contributed by atoms with van der Waals surface area (Å²) < 4.78 is 0. The van der Waals surface area contributed by atoms with Crippen molar-refractivity contribution in [3.63, 3.8) is 0 Å². The molecule has 0 spiro atoms. The molecule has 0 fully saturated rings. The summed E-state index contributed by atoms with van der Waals surface area (Å²) in [7, 11) is 1.76. The molecule has 0 radical (unpaired) electrons. The number of carboxylic acid groups (broad SMARTS) is 1. The third-order valence-corrected chi connectivity index (χ3v) is 4.90. The Morgan fingerprint density at radius 1 is 1.32 bits per heavy atom. The highest BCUT2D eigenvalue weighted by Gasteiger charge is 2.31. The number of likely N-dealkylation sites (N-methyl/N-ethyl adjacent to an activating group) is 1. The molecule has 3 atom stereocenters. The molecule has 0 aromatic rings. The summed E-state index contributed by atoms with van der Waals surface area (Å²) in [6.07, 6.45) is 8.66. The van der Waals surface area contributed by atoms with E-state index in [9.17, 15) is 14.4 Å². The SMILES string of the molecule is CC[C@H](C)C1NC(=O)C(CC(=O)O)CCCC=CCCCN(C)C1=O. The number of nitrogens with one attached hydrogen (secondary N) is 1. The van der Waals surface area contributed by atoms with E-state index in [0.717, 1.165) is 32.1 Å². The lowest BCUT2D eigenvalue weighted by Crippen LogP contribution is -2.52. The smallest absolute Gasteiger partial charge is 0.304 e. The minimum atomic E-state index is -0.986. The molecule has 6 nitrogen and oxygen atoms in total. The first-order valence-electron chi connectivity index (χ1n) is 9.28. The van der Waals surface area contributed by atoms with Crippen LogP contribution in [0.5, 0.6) is 0 Å². The van der Waals surface area contributed by atoms with Gasteiger partial charge in [-0.2, -0.15) is 0 Å². The van der Waals surface area contributed by atoms with Gasteiger partial charge in [0.1, 0.15) is 6.04 Å². The number of allylic oxidation sites excluding steroid dienone is 2. The van der Waals surface area contributed by atoms with Crippen LogP contribution in [-0.4, -0.2) is 47.4 Å². The van der Waals surface area contributed by atoms with Crippen LogP contribution in [-0.2, 0) is 14.4 Å². The Morgan fingerprint density at radius 3 is 2.56 bits per heavy atom. The molecule has 0 aromatic carbocycles. The lowest BCUT2D eigenvalue weighted by Gasteiger charge is -2.29. The zero-order chi connectivity index (χ0) is 18.8. The molecule has 0 aromatic heterocycles. The van der Waals surface area contributed by atoms with E-state index in [1.165, 1.54) is 0 Å². The van der Waals surface area contributed by atoms with Crippen molar-refractivity contribution >= 4 is 17.8 Å². The minimum absolute atomic E-state index is 0.00261. The number of hydrogen-bond donors (Lipinski definition) is 2. The Bertz CT molecular complexity index is 490. The maximum atomic E-state index is 12.8. The van der Waals surface area contributed by atoms with Crippen LogP contribution in [0.4, 0.5) is 0 Å². The Hall–Kier alpha value is -1.85. The van der Waals surface area contributed by atoms with Crippen molar-refractivity contribution in [2.45, 2.75) is 64.8 Å². The Morgan fingerprint density at radius 2 is 1.96 bits per heavy atom. The molecule has 1 aliphatic heterocycles. The van der Waals surface area contributed by atoms with Gasteiger partial charge in [-0.15, -0.1) is 0 Å². The fourth-order valence-corrected chi connectivity index (χ4v) is 3.00. The topological polar surface area (TPSA) is 86.7 Å². The Kier molecular flexibility index (Phi) is 9.24. The third kappa shape index (κ3) is 7.28. The van der Waals surface area contributed by atoms with Crippen molar-refractivity contribution in [1.29, 1.82) is 0 Å². The van der Waals surface area contributed by atoms with Crippen LogP contribution in [0, 0.1) is 11.8 Å². The van der Waals surface area contributed by atoms with E-state index in [-0.39, 0.29) is 24.2 Å². The predicted octanol–water partition coefficient (Wildman–Crippen LogP) is 2.59. The van der Waals surface area contributed by atoms with Crippen LogP contribution in [0.3, 0.4) is 0 Å². The van der Waals surface area contributed by atoms with Crippen molar-refractivity contribution in [3.8, 4) is 0 Å². The molecular weight excluding hydrogens is 320 g/mol. The molecular formula is C19H32N2O4. The highest BCUT2D eigenvalue weighted by atomic mass is 16.4. The number of rotatable bonds is 4. The van der Waals surface area contributed by atoms with Gasteiger partial charge in [-0.3, -0.25) is 14.4 Å². The second kappa shape index (κ2) is 10.9. The molecule has 1 heterocycles. The summed E-state index contributed by atoms with van der Waals surface area (Å²) in [4.78, 5) is 38.2. The van der Waals surface area contributed by atoms with Crippen molar-refractivity contribution in [1.82, 2.24) is 10.2 Å². The van der Waals surface area contributed by atoms with Gasteiger partial charge in [-0.1, -0.05) is 32.4 Å². The summed E-state index contributed by atoms with van der Waals surface area (Å²) >= 11 is 0. The second-order valence-corrected chi connectivity index (χ2v) is 6.97. The molecule has 142 valence electrons. The first-order valence-corrected chi connectivity index (χ1v) is 9.28. The first kappa shape index (κ1) is 21.2. The molecule has 0 saturated carbocycles. The number of nitrogens with zero attached hydrogens (tertiary/aromatic N) is 1. The van der Waals surface area contributed by atoms with Gasteiger partial charge in [0.15, 0.2) is 0 Å². The lowest BCUT2D eigenvalue weighted by molar-refractivity contribution is -0.142. The van der Waals surface area contributed by atoms with Crippen LogP contribution in [0.2, 0.25) is 0 Å². The molecule has 1 aliphatic rings. The van der Waals surface area contributed by atoms with Crippen LogP contribution in [0.1, 0.15) is 58.8 Å². The van der Waals surface area contributed by atoms with Crippen LogP contribution >= 0.6 is 0 Å². The van der Waals surface area contributed by atoms with Gasteiger partial charge in [-0.05, 0) is 38.0 Å². The zero-order valence-corrected chi connectivity index (χ0v) is 15.7. The van der Waals surface area contributed by atoms with E-state index < -0.39 is 17.9 Å². The van der Waals surface area contributed by atoms with Gasteiger partial charge in [0.2, 0.25) is 11.8 Å². The molecule has 2 unspecified atom stereocenters. The largest absolute Gasteiger partial charge is 0.481 e. The van der Waals surface area contributed by atoms with Crippen LogP contribution in [0.25, 0.3) is 0 Å². The summed E-state index contributed by atoms with van der Waals surface area (Å²) in [6, 6.07) is -0.600. The van der Waals surface area contributed by atoms with Crippen LogP contribution in [0.15, 0.2) is 12.2 Å². The average molecular weight is 352 g/mol. The third-order valence-electron chi connectivity index (χ3n) is 4.90. The summed E-state index contributed by atoms with van der Waals surface area (Å²) in [6.45, 7) is 4.56. The highest BCUT2D eigenvalue weighted by molar-refractivity contribution is 5.90. The number of carbonyl (C=O) groups excluding carboxylic acids is 2. The van der Waals surface area contributed by atoms with Crippen molar-refractivity contribution in [3.05, 3.63) is 12.2 Å². The molecule has 0 bridgehead atoms. The minimum Gasteiger partial charge on any atom is -0.481 e. The number of carbonyl (C=O) groups is 3. The van der Waals surface area contributed by atoms with Gasteiger partial charge in [0.25, 0.3) is 0 Å². The predicted molar refractivity (Wildman–Crippen MR) is 97.0 cm³/mol. The summed E-state index contributed by atoms with van der Waals surface area (Å²) in [5.41, 5.74) is 0. The van der Waals surface area contributed by atoms with Crippen molar-refractivity contribution in [2.75, 3.05) is 13.6 Å². The summed E-state index contributed by atoms with van der Waals surface area (Å²) in [5.74, 6) is -2.01. The van der Waals surface area contributed by atoms with E-state index in [4.69, 9.17) is 5.11 Å². The fraction of sp³-hybridized carbons (Fsp3) is 0.737. The monoisotopic (exact) mass is 352 g/mol. The van der Waals surface area contributed by atoms with Crippen molar-refractivity contribution in [2.24, 2.45) is 11.8 Å². The van der Waals surface area contributed by atoms with E-state index >= 15 is 0 Å². The van der Waals surface area contributed by atoms with E-state index in [1.807, 2.05) is 13.8 Å². The molecule has 0 aliphatic carbocycles. The standard InChI is InChI=1S/C19H32N2O4/c1-4-14(2)17-19(25)21(3)12-10-8-6-5-7-9-11-15(13-16(22)23)18(24)20-17/h5-6,14-15,17H,4,7-13H2,1-3H3,(H,20,24)(H,22,23)/t14-,15?,17?/m0/s1. The van der Waals surface area contributed by atoms with Crippen molar-refractivity contribution < 1.29 is 19.5 Å². The van der Waals surface area contributed by atoms with E-state index in [1.54, 1.807) is 11.9 Å². The molecule has 0 saturated heterocycles. The number of amides is 2. The van der Waals surface area contributed by atoms with Gasteiger partial charge < -0.3 is 15.3 Å². The molecule has 25 heavy (non-hydrogen) atoms. The van der Waals surface area contributed by atoms with E-state index in [2.05, 4.69) is 17.5 Å². The molecule has 6 heteroatoms. The second-order valence-electron chi connectivity index (χ2n) is 6.97. The van der Waals surface area contributed by atoms with Gasteiger partial charge >= 0.3 is 5.97 Å². The molecule has 1 rings (SSSR count). The highest BCUT2D eigenvalue weighted by Crippen LogP contribution is 2.17. The lowest BCUT2D eigenvalue weighted by atomic mass is 9.93. The maximum absolute atomic E-state index is 12.8. The number of hydrogen-bond acceptors (Lipinski definition) is 3. The van der Waals surface area contributed by atoms with Gasteiger partial charge in [0, 0.05) is 19.5 Å². The Balaban J connectivity index is 2.99. The molecule has 2 amide bonds. The first-order chi connectivity index (χ1) is 11.9. The number of aliphatic carboxylic acids is 1. The van der Waals surface area contributed by atoms with Gasteiger partial charge in [-0.25, -0.2) is 0 Å². The normalized spacial score (nSPS) is 25.2. The van der Waals surface area contributed by atoms with E-state index in [0.29, 0.717) is 13.0 Å². The molecule has 2 N–H and O–H groups in total. The van der Waals surface area contributed by atoms with Crippen LogP contribution < -0.4 is 5.32 Å². The average Bonchev–Trinajstić information content (AvgIpc) is 2.58. The quantitative estimate of drug-likeness (QED) is 0.762.